The van der Waals surface area contributed by atoms with Crippen LogP contribution in [0.25, 0.3) is 0 Å². The molecule has 3 aromatic rings. The lowest BCUT2D eigenvalue weighted by atomic mass is 9.98. The highest BCUT2D eigenvalue weighted by Crippen LogP contribution is 2.28. The Hall–Kier alpha value is -2.18. The number of aryl methyl sites for hydroxylation is 1. The lowest BCUT2D eigenvalue weighted by Crippen LogP contribution is -2.34. The van der Waals surface area contributed by atoms with E-state index >= 15 is 0 Å². The summed E-state index contributed by atoms with van der Waals surface area (Å²) in [6.07, 6.45) is 0. The summed E-state index contributed by atoms with van der Waals surface area (Å²) in [5.74, 6) is -0.0180. The molecule has 0 fully saturated rings. The Morgan fingerprint density at radius 2 is 1.56 bits per heavy atom. The van der Waals surface area contributed by atoms with Crippen molar-refractivity contribution in [2.45, 2.75) is 29.5 Å². The summed E-state index contributed by atoms with van der Waals surface area (Å²) >= 11 is 2.94. The summed E-state index contributed by atoms with van der Waals surface area (Å²) in [6.45, 7) is 3.80. The van der Waals surface area contributed by atoms with Gasteiger partial charge in [-0.3, -0.25) is 4.79 Å². The number of hydrogen-bond donors (Lipinski definition) is 1. The van der Waals surface area contributed by atoms with Gasteiger partial charge in [0.2, 0.25) is 5.91 Å². The molecule has 4 nitrogen and oxygen atoms in total. The number of carbonyl (C=O) groups is 1. The monoisotopic (exact) mass is 369 g/mol. The highest BCUT2D eigenvalue weighted by atomic mass is 32.2. The molecule has 0 aliphatic rings. The summed E-state index contributed by atoms with van der Waals surface area (Å²) < 4.78 is 0.816. The molecule has 6 heteroatoms. The minimum atomic E-state index is -0.248. The average Bonchev–Trinajstić information content (AvgIpc) is 3.05. The fourth-order valence-electron chi connectivity index (χ4n) is 2.44. The minimum absolute atomic E-state index is 0.0180. The topological polar surface area (TPSA) is 54.9 Å². The van der Waals surface area contributed by atoms with Crippen molar-refractivity contribution in [3.8, 4) is 0 Å². The molecule has 3 rings (SSSR count). The Bertz CT molecular complexity index is 781. The number of hydrogen-bond acceptors (Lipinski definition) is 5. The van der Waals surface area contributed by atoms with Crippen LogP contribution in [0.15, 0.2) is 65.0 Å². The second-order valence-electron chi connectivity index (χ2n) is 5.61. The van der Waals surface area contributed by atoms with Crippen molar-refractivity contribution in [2.24, 2.45) is 0 Å². The summed E-state index contributed by atoms with van der Waals surface area (Å²) in [5, 5.41) is 11.9. The van der Waals surface area contributed by atoms with Crippen LogP contribution in [-0.4, -0.2) is 21.4 Å². The van der Waals surface area contributed by atoms with Crippen LogP contribution < -0.4 is 5.32 Å². The molecular weight excluding hydrogens is 350 g/mol. The Morgan fingerprint density at radius 1 is 1.00 bits per heavy atom. The van der Waals surface area contributed by atoms with Crippen molar-refractivity contribution >= 4 is 29.0 Å². The summed E-state index contributed by atoms with van der Waals surface area (Å²) in [5.41, 5.74) is 2.12. The maximum Gasteiger partial charge on any atom is 0.234 e. The van der Waals surface area contributed by atoms with Gasteiger partial charge in [0.05, 0.1) is 11.3 Å². The molecule has 0 bridgehead atoms. The van der Waals surface area contributed by atoms with Crippen LogP contribution in [0.2, 0.25) is 0 Å². The van der Waals surface area contributed by atoms with E-state index < -0.39 is 0 Å². The third-order valence-electron chi connectivity index (χ3n) is 3.71. The van der Waals surface area contributed by atoms with Gasteiger partial charge in [0.25, 0.3) is 0 Å². The third kappa shape index (κ3) is 4.67. The Kier molecular flexibility index (Phi) is 5.83. The van der Waals surface area contributed by atoms with Crippen LogP contribution in [0.5, 0.6) is 0 Å². The van der Waals surface area contributed by atoms with Crippen LogP contribution in [0.3, 0.4) is 0 Å². The molecule has 0 aliphatic carbocycles. The number of aromatic nitrogens is 2. The van der Waals surface area contributed by atoms with E-state index in [-0.39, 0.29) is 17.2 Å². The number of benzene rings is 2. The Balaban J connectivity index is 1.76. The van der Waals surface area contributed by atoms with E-state index in [1.165, 1.54) is 23.1 Å². The zero-order valence-corrected chi connectivity index (χ0v) is 15.7. The Labute approximate surface area is 155 Å². The van der Waals surface area contributed by atoms with Gasteiger partial charge in [0.1, 0.15) is 5.01 Å². The van der Waals surface area contributed by atoms with E-state index in [1.807, 2.05) is 74.5 Å². The zero-order chi connectivity index (χ0) is 17.6. The first kappa shape index (κ1) is 17.6. The first-order valence-corrected chi connectivity index (χ1v) is 9.70. The van der Waals surface area contributed by atoms with Crippen molar-refractivity contribution in [3.63, 3.8) is 0 Å². The van der Waals surface area contributed by atoms with Gasteiger partial charge in [-0.2, -0.15) is 0 Å². The number of amides is 1. The minimum Gasteiger partial charge on any atom is -0.344 e. The molecule has 128 valence electrons. The predicted octanol–water partition coefficient (Wildman–Crippen LogP) is 4.23. The maximum atomic E-state index is 12.7. The molecule has 25 heavy (non-hydrogen) atoms. The van der Waals surface area contributed by atoms with Crippen molar-refractivity contribution in [3.05, 3.63) is 76.8 Å². The molecule has 2 aromatic carbocycles. The van der Waals surface area contributed by atoms with Crippen LogP contribution >= 0.6 is 23.1 Å². The Morgan fingerprint density at radius 3 is 2.04 bits per heavy atom. The van der Waals surface area contributed by atoms with Crippen LogP contribution in [0.1, 0.15) is 29.1 Å². The summed E-state index contributed by atoms with van der Waals surface area (Å²) in [7, 11) is 0. The molecule has 1 N–H and O–H groups in total. The largest absolute Gasteiger partial charge is 0.344 e. The van der Waals surface area contributed by atoms with Crippen LogP contribution in [0, 0.1) is 6.92 Å². The predicted molar refractivity (Wildman–Crippen MR) is 103 cm³/mol. The number of nitrogens with zero attached hydrogens (tertiary/aromatic N) is 2. The van der Waals surface area contributed by atoms with Gasteiger partial charge in [-0.05, 0) is 25.0 Å². The molecule has 0 saturated heterocycles. The van der Waals surface area contributed by atoms with Gasteiger partial charge in [0.15, 0.2) is 4.34 Å². The number of thioether (sulfide) groups is 1. The van der Waals surface area contributed by atoms with E-state index in [4.69, 9.17) is 0 Å². The molecule has 1 aromatic heterocycles. The SMILES string of the molecule is Cc1nnc(SC(C)C(=O)NC(c2ccccc2)c2ccccc2)s1. The molecule has 0 radical (unpaired) electrons. The zero-order valence-electron chi connectivity index (χ0n) is 14.0. The smallest absolute Gasteiger partial charge is 0.234 e. The van der Waals surface area contributed by atoms with E-state index in [9.17, 15) is 4.79 Å². The van der Waals surface area contributed by atoms with Gasteiger partial charge in [-0.1, -0.05) is 83.8 Å². The molecule has 1 amide bonds. The fourth-order valence-corrected chi connectivity index (χ4v) is 4.41. The van der Waals surface area contributed by atoms with Gasteiger partial charge in [-0.25, -0.2) is 0 Å². The normalized spacial score (nSPS) is 12.1. The quantitative estimate of drug-likeness (QED) is 0.661. The number of carbonyl (C=O) groups excluding carboxylic acids is 1. The molecule has 0 spiro atoms. The average molecular weight is 370 g/mol. The summed E-state index contributed by atoms with van der Waals surface area (Å²) in [6, 6.07) is 19.8. The van der Waals surface area contributed by atoms with Crippen LogP contribution in [0.4, 0.5) is 0 Å². The van der Waals surface area contributed by atoms with Gasteiger partial charge >= 0.3 is 0 Å². The van der Waals surface area contributed by atoms with Crippen LogP contribution in [-0.2, 0) is 4.79 Å². The first-order chi connectivity index (χ1) is 12.1. The molecule has 1 atom stereocenters. The molecule has 1 unspecified atom stereocenters. The second kappa shape index (κ2) is 8.27. The lowest BCUT2D eigenvalue weighted by molar-refractivity contribution is -0.120. The third-order valence-corrected chi connectivity index (χ3v) is 5.73. The van der Waals surface area contributed by atoms with Gasteiger partial charge < -0.3 is 5.32 Å². The van der Waals surface area contributed by atoms with Gasteiger partial charge in [0, 0.05) is 0 Å². The van der Waals surface area contributed by atoms with Crippen molar-refractivity contribution in [1.82, 2.24) is 15.5 Å². The van der Waals surface area contributed by atoms with E-state index in [1.54, 1.807) is 0 Å². The first-order valence-electron chi connectivity index (χ1n) is 8.00. The highest BCUT2D eigenvalue weighted by Gasteiger charge is 2.22. The van der Waals surface area contributed by atoms with E-state index in [0.717, 1.165) is 20.5 Å². The van der Waals surface area contributed by atoms with Crippen molar-refractivity contribution in [1.29, 1.82) is 0 Å². The maximum absolute atomic E-state index is 12.7. The summed E-state index contributed by atoms with van der Waals surface area (Å²) in [4.78, 5) is 12.7. The van der Waals surface area contributed by atoms with E-state index in [2.05, 4.69) is 15.5 Å². The number of rotatable bonds is 6. The molecule has 0 saturated carbocycles. The number of nitrogens with one attached hydrogen (secondary N) is 1. The van der Waals surface area contributed by atoms with Crippen molar-refractivity contribution in [2.75, 3.05) is 0 Å². The standard InChI is InChI=1S/C19H19N3OS2/c1-13(24-19-22-21-14(2)25-19)18(23)20-17(15-9-5-3-6-10-15)16-11-7-4-8-12-16/h3-13,17H,1-2H3,(H,20,23). The molecule has 0 aliphatic heterocycles. The fraction of sp³-hybridized carbons (Fsp3) is 0.211. The molecule has 1 heterocycles. The second-order valence-corrected chi connectivity index (χ2v) is 8.38. The van der Waals surface area contributed by atoms with E-state index in [0.29, 0.717) is 0 Å². The van der Waals surface area contributed by atoms with Crippen molar-refractivity contribution < 1.29 is 4.79 Å². The highest BCUT2D eigenvalue weighted by molar-refractivity contribution is 8.02. The molecular formula is C19H19N3OS2. The van der Waals surface area contributed by atoms with Gasteiger partial charge in [-0.15, -0.1) is 10.2 Å². The lowest BCUT2D eigenvalue weighted by Gasteiger charge is -2.21.